The Hall–Kier alpha value is -3.42. The minimum Gasteiger partial charge on any atom is -0.353 e. The second-order valence-electron chi connectivity index (χ2n) is 9.12. The molecule has 1 saturated heterocycles. The predicted molar refractivity (Wildman–Crippen MR) is 144 cm³/mol. The largest absolute Gasteiger partial charge is 0.353 e. The van der Waals surface area contributed by atoms with Crippen molar-refractivity contribution in [2.24, 2.45) is 0 Å². The number of aromatic nitrogens is 3. The molecule has 3 aromatic carbocycles. The SMILES string of the molecule is O=C(CSc1nnc(Cc2ccccc2)n1-c1ccccc1)NC1CCN(Cc2ccccc2)CC1. The topological polar surface area (TPSA) is 63.1 Å². The fraction of sp³-hybridized carbons (Fsp3) is 0.276. The molecule has 36 heavy (non-hydrogen) atoms. The number of hydrogen-bond donors (Lipinski definition) is 1. The molecule has 4 aromatic rings. The van der Waals surface area contributed by atoms with Crippen molar-refractivity contribution in [3.05, 3.63) is 108 Å². The Morgan fingerprint density at radius 1 is 0.833 bits per heavy atom. The first-order valence-electron chi connectivity index (χ1n) is 12.5. The predicted octanol–water partition coefficient (Wildman–Crippen LogP) is 4.73. The van der Waals surface area contributed by atoms with Gasteiger partial charge < -0.3 is 5.32 Å². The van der Waals surface area contributed by atoms with E-state index in [4.69, 9.17) is 0 Å². The number of nitrogens with one attached hydrogen (secondary N) is 1. The van der Waals surface area contributed by atoms with Gasteiger partial charge in [-0.25, -0.2) is 0 Å². The van der Waals surface area contributed by atoms with E-state index in [1.807, 2.05) is 48.5 Å². The van der Waals surface area contributed by atoms with Crippen LogP contribution in [0.4, 0.5) is 0 Å². The van der Waals surface area contributed by atoms with Crippen molar-refractivity contribution in [1.29, 1.82) is 0 Å². The number of likely N-dealkylation sites (tertiary alicyclic amines) is 1. The lowest BCUT2D eigenvalue weighted by Crippen LogP contribution is -2.44. The number of benzene rings is 3. The van der Waals surface area contributed by atoms with Crippen LogP contribution in [-0.2, 0) is 17.8 Å². The number of piperidine rings is 1. The van der Waals surface area contributed by atoms with Gasteiger partial charge in [0.05, 0.1) is 5.75 Å². The van der Waals surface area contributed by atoms with E-state index in [0.717, 1.165) is 49.1 Å². The Balaban J connectivity index is 1.17. The molecule has 1 fully saturated rings. The van der Waals surface area contributed by atoms with E-state index in [1.54, 1.807) is 0 Å². The van der Waals surface area contributed by atoms with Gasteiger partial charge in [-0.3, -0.25) is 14.3 Å². The number of thioether (sulfide) groups is 1. The molecule has 0 atom stereocenters. The molecule has 0 saturated carbocycles. The first-order chi connectivity index (χ1) is 17.7. The lowest BCUT2D eigenvalue weighted by Gasteiger charge is -2.32. The molecule has 1 aliphatic rings. The Labute approximate surface area is 216 Å². The van der Waals surface area contributed by atoms with Gasteiger partial charge in [-0.15, -0.1) is 10.2 Å². The van der Waals surface area contributed by atoms with Crippen molar-refractivity contribution in [3.8, 4) is 5.69 Å². The van der Waals surface area contributed by atoms with Crippen LogP contribution < -0.4 is 5.32 Å². The van der Waals surface area contributed by atoms with E-state index in [0.29, 0.717) is 12.2 Å². The third-order valence-corrected chi connectivity index (χ3v) is 7.38. The van der Waals surface area contributed by atoms with E-state index >= 15 is 0 Å². The van der Waals surface area contributed by atoms with Crippen molar-refractivity contribution in [1.82, 2.24) is 25.0 Å². The van der Waals surface area contributed by atoms with Crippen molar-refractivity contribution in [3.63, 3.8) is 0 Å². The maximum Gasteiger partial charge on any atom is 0.230 e. The van der Waals surface area contributed by atoms with Crippen molar-refractivity contribution >= 4 is 17.7 Å². The van der Waals surface area contributed by atoms with Crippen molar-refractivity contribution in [2.45, 2.75) is 37.0 Å². The van der Waals surface area contributed by atoms with Crippen LogP contribution in [0.2, 0.25) is 0 Å². The zero-order valence-electron chi connectivity index (χ0n) is 20.3. The molecule has 7 heteroatoms. The number of carbonyl (C=O) groups is 1. The fourth-order valence-electron chi connectivity index (χ4n) is 4.60. The molecule has 6 nitrogen and oxygen atoms in total. The van der Waals surface area contributed by atoms with Gasteiger partial charge in [-0.05, 0) is 36.1 Å². The second kappa shape index (κ2) is 12.0. The minimum atomic E-state index is 0.0498. The molecule has 1 aromatic heterocycles. The van der Waals surface area contributed by atoms with E-state index < -0.39 is 0 Å². The maximum absolute atomic E-state index is 12.8. The summed E-state index contributed by atoms with van der Waals surface area (Å²) in [6, 6.07) is 31.2. The molecular weight excluding hydrogens is 466 g/mol. The molecule has 0 unspecified atom stereocenters. The molecule has 1 amide bonds. The molecule has 184 valence electrons. The highest BCUT2D eigenvalue weighted by Crippen LogP contribution is 2.24. The van der Waals surface area contributed by atoms with Crippen LogP contribution >= 0.6 is 11.8 Å². The Kier molecular flexibility index (Phi) is 8.10. The normalized spacial score (nSPS) is 14.6. The fourth-order valence-corrected chi connectivity index (χ4v) is 5.38. The van der Waals surface area contributed by atoms with Gasteiger partial charge >= 0.3 is 0 Å². The number of carbonyl (C=O) groups excluding carboxylic acids is 1. The third-order valence-electron chi connectivity index (χ3n) is 6.45. The lowest BCUT2D eigenvalue weighted by atomic mass is 10.0. The van der Waals surface area contributed by atoms with E-state index in [-0.39, 0.29) is 11.9 Å². The number of nitrogens with zero attached hydrogens (tertiary/aromatic N) is 4. The first kappa shape index (κ1) is 24.3. The minimum absolute atomic E-state index is 0.0498. The smallest absolute Gasteiger partial charge is 0.230 e. The summed E-state index contributed by atoms with van der Waals surface area (Å²) in [5.41, 5.74) is 3.52. The van der Waals surface area contributed by atoms with Crippen molar-refractivity contribution in [2.75, 3.05) is 18.8 Å². The average molecular weight is 498 g/mol. The number of amides is 1. The molecule has 0 aliphatic carbocycles. The van der Waals surface area contributed by atoms with Gasteiger partial charge in [0.15, 0.2) is 5.16 Å². The standard InChI is InChI=1S/C29H31N5OS/c35-28(30-25-16-18-33(19-17-25)21-24-12-6-2-7-13-24)22-36-29-32-31-27(20-23-10-4-1-5-11-23)34(29)26-14-8-3-9-15-26/h1-15,25H,16-22H2,(H,30,35). The van der Waals surface area contributed by atoms with Crippen LogP contribution in [0.15, 0.2) is 96.2 Å². The van der Waals surface area contributed by atoms with Gasteiger partial charge in [0.1, 0.15) is 5.82 Å². The van der Waals surface area contributed by atoms with E-state index in [2.05, 4.69) is 67.4 Å². The van der Waals surface area contributed by atoms with Crippen LogP contribution in [0.5, 0.6) is 0 Å². The summed E-state index contributed by atoms with van der Waals surface area (Å²) in [7, 11) is 0. The van der Waals surface area contributed by atoms with Gasteiger partial charge in [-0.1, -0.05) is 90.6 Å². The zero-order chi connectivity index (χ0) is 24.6. The van der Waals surface area contributed by atoms with Crippen LogP contribution in [-0.4, -0.2) is 50.5 Å². The molecule has 2 heterocycles. The highest BCUT2D eigenvalue weighted by atomic mass is 32.2. The summed E-state index contributed by atoms with van der Waals surface area (Å²) >= 11 is 1.44. The summed E-state index contributed by atoms with van der Waals surface area (Å²) in [5, 5.41) is 12.9. The second-order valence-corrected chi connectivity index (χ2v) is 10.1. The maximum atomic E-state index is 12.8. The van der Waals surface area contributed by atoms with E-state index in [9.17, 15) is 4.79 Å². The van der Waals surface area contributed by atoms with Crippen LogP contribution in [0, 0.1) is 0 Å². The molecule has 1 aliphatic heterocycles. The van der Waals surface area contributed by atoms with Gasteiger partial charge in [0, 0.05) is 37.8 Å². The number of rotatable bonds is 9. The number of para-hydroxylation sites is 1. The van der Waals surface area contributed by atoms with Crippen LogP contribution in [0.25, 0.3) is 5.69 Å². The highest BCUT2D eigenvalue weighted by molar-refractivity contribution is 7.99. The summed E-state index contributed by atoms with van der Waals surface area (Å²) in [4.78, 5) is 15.3. The first-order valence-corrected chi connectivity index (χ1v) is 13.5. The Morgan fingerprint density at radius 2 is 1.44 bits per heavy atom. The summed E-state index contributed by atoms with van der Waals surface area (Å²) < 4.78 is 2.06. The summed E-state index contributed by atoms with van der Waals surface area (Å²) in [5.74, 6) is 1.23. The molecular formula is C29H31N5OS. The zero-order valence-corrected chi connectivity index (χ0v) is 21.1. The highest BCUT2D eigenvalue weighted by Gasteiger charge is 2.22. The molecule has 0 radical (unpaired) electrons. The van der Waals surface area contributed by atoms with Crippen molar-refractivity contribution < 1.29 is 4.79 Å². The molecule has 0 bridgehead atoms. The lowest BCUT2D eigenvalue weighted by molar-refractivity contribution is -0.119. The van der Waals surface area contributed by atoms with Gasteiger partial charge in [-0.2, -0.15) is 0 Å². The van der Waals surface area contributed by atoms with Gasteiger partial charge in [0.2, 0.25) is 5.91 Å². The summed E-state index contributed by atoms with van der Waals surface area (Å²) in [6.45, 7) is 2.97. The number of hydrogen-bond acceptors (Lipinski definition) is 5. The van der Waals surface area contributed by atoms with Gasteiger partial charge in [0.25, 0.3) is 0 Å². The van der Waals surface area contributed by atoms with Crippen LogP contribution in [0.3, 0.4) is 0 Å². The Morgan fingerprint density at radius 3 is 2.11 bits per heavy atom. The average Bonchev–Trinajstić information content (AvgIpc) is 3.32. The quantitative estimate of drug-likeness (QED) is 0.339. The molecule has 1 N–H and O–H groups in total. The Bertz CT molecular complexity index is 1240. The summed E-state index contributed by atoms with van der Waals surface area (Å²) in [6.07, 6.45) is 2.63. The van der Waals surface area contributed by atoms with E-state index in [1.165, 1.54) is 22.9 Å². The molecule has 5 rings (SSSR count). The third kappa shape index (κ3) is 6.42. The van der Waals surface area contributed by atoms with Crippen LogP contribution in [0.1, 0.15) is 29.8 Å². The monoisotopic (exact) mass is 497 g/mol. The molecule has 0 spiro atoms.